The van der Waals surface area contributed by atoms with Crippen molar-refractivity contribution in [3.8, 4) is 0 Å². The van der Waals surface area contributed by atoms with Crippen molar-refractivity contribution in [2.75, 3.05) is 7.11 Å². The van der Waals surface area contributed by atoms with Gasteiger partial charge in [0.1, 0.15) is 7.11 Å². The lowest BCUT2D eigenvalue weighted by Crippen LogP contribution is -2.00. The van der Waals surface area contributed by atoms with E-state index in [9.17, 15) is 0 Å². The van der Waals surface area contributed by atoms with Gasteiger partial charge in [0, 0.05) is 0 Å². The van der Waals surface area contributed by atoms with Crippen LogP contribution in [0.25, 0.3) is 0 Å². The molecule has 2 nitrogen and oxygen atoms in total. The number of nitrogens with zero attached hydrogens (tertiary/aromatic N) is 1. The minimum Gasteiger partial charge on any atom is -0.399 e. The Morgan fingerprint density at radius 2 is 2.15 bits per heavy atom. The van der Waals surface area contributed by atoms with Gasteiger partial charge in [-0.2, -0.15) is 0 Å². The van der Waals surface area contributed by atoms with Gasteiger partial charge in [-0.15, -0.1) is 0 Å². The summed E-state index contributed by atoms with van der Waals surface area (Å²) in [6.07, 6.45) is 2.01. The molecule has 0 heterocycles. The zero-order valence-electron chi connectivity index (χ0n) is 8.08. The van der Waals surface area contributed by atoms with E-state index in [0.717, 1.165) is 24.1 Å². The average Bonchev–Trinajstić information content (AvgIpc) is 2.19. The first-order chi connectivity index (χ1) is 6.38. The van der Waals surface area contributed by atoms with Crippen molar-refractivity contribution in [2.45, 2.75) is 19.8 Å². The Hall–Kier alpha value is -1.31. The molecule has 1 aromatic rings. The Labute approximate surface area is 79.2 Å². The maximum Gasteiger partial charge on any atom is 0.106 e. The van der Waals surface area contributed by atoms with Gasteiger partial charge in [-0.3, -0.25) is 0 Å². The summed E-state index contributed by atoms with van der Waals surface area (Å²) in [6.45, 7) is 2.13. The third-order valence-electron chi connectivity index (χ3n) is 1.74. The number of rotatable bonds is 4. The highest BCUT2D eigenvalue weighted by atomic mass is 16.6. The summed E-state index contributed by atoms with van der Waals surface area (Å²) in [5.74, 6) is 0. The fraction of sp³-hybridized carbons (Fsp3) is 0.364. The summed E-state index contributed by atoms with van der Waals surface area (Å²) >= 11 is 0. The third-order valence-corrected chi connectivity index (χ3v) is 1.74. The van der Waals surface area contributed by atoms with Crippen molar-refractivity contribution in [3.05, 3.63) is 35.9 Å². The summed E-state index contributed by atoms with van der Waals surface area (Å²) in [6, 6.07) is 10.7. The Morgan fingerprint density at radius 3 is 2.69 bits per heavy atom. The van der Waals surface area contributed by atoms with Crippen LogP contribution >= 0.6 is 0 Å². The molecule has 0 spiro atoms. The van der Waals surface area contributed by atoms with Crippen LogP contribution in [0.3, 0.4) is 0 Å². The van der Waals surface area contributed by atoms with Gasteiger partial charge in [0.15, 0.2) is 0 Å². The van der Waals surface area contributed by atoms with Gasteiger partial charge in [-0.1, -0.05) is 42.8 Å². The zero-order chi connectivity index (χ0) is 9.52. The first-order valence-corrected chi connectivity index (χ1v) is 4.45. The first-order valence-electron chi connectivity index (χ1n) is 4.45. The van der Waals surface area contributed by atoms with Crippen LogP contribution in [0.2, 0.25) is 0 Å². The molecule has 0 aromatic heterocycles. The van der Waals surface area contributed by atoms with Crippen molar-refractivity contribution >= 4 is 5.71 Å². The second kappa shape index (κ2) is 5.36. The van der Waals surface area contributed by atoms with Crippen molar-refractivity contribution in [3.63, 3.8) is 0 Å². The Kier molecular flexibility index (Phi) is 4.03. The van der Waals surface area contributed by atoms with Crippen LogP contribution in [0.4, 0.5) is 0 Å². The Bertz CT molecular complexity index is 267. The van der Waals surface area contributed by atoms with Crippen LogP contribution in [0, 0.1) is 6.07 Å². The number of benzene rings is 1. The maximum atomic E-state index is 4.79. The molecule has 0 unspecified atom stereocenters. The van der Waals surface area contributed by atoms with Gasteiger partial charge in [-0.05, 0) is 18.1 Å². The second-order valence-electron chi connectivity index (χ2n) is 2.76. The van der Waals surface area contributed by atoms with E-state index in [1.807, 2.05) is 24.3 Å². The molecule has 0 bridgehead atoms. The molecule has 2 heteroatoms. The fourth-order valence-corrected chi connectivity index (χ4v) is 1.17. The van der Waals surface area contributed by atoms with Crippen molar-refractivity contribution in [1.82, 2.24) is 0 Å². The number of oxime groups is 1. The largest absolute Gasteiger partial charge is 0.399 e. The molecule has 0 saturated heterocycles. The SMILES string of the molecule is CCC/C(=N/OC)c1cc[c]cc1. The summed E-state index contributed by atoms with van der Waals surface area (Å²) in [7, 11) is 1.57. The van der Waals surface area contributed by atoms with Crippen LogP contribution in [0.5, 0.6) is 0 Å². The smallest absolute Gasteiger partial charge is 0.106 e. The highest BCUT2D eigenvalue weighted by Crippen LogP contribution is 2.06. The summed E-state index contributed by atoms with van der Waals surface area (Å²) in [5, 5.41) is 3.99. The zero-order valence-corrected chi connectivity index (χ0v) is 8.08. The molecule has 0 atom stereocenters. The molecule has 13 heavy (non-hydrogen) atoms. The number of hydrogen-bond acceptors (Lipinski definition) is 2. The average molecular weight is 176 g/mol. The molecule has 0 amide bonds. The van der Waals surface area contributed by atoms with Crippen LogP contribution in [-0.4, -0.2) is 12.8 Å². The van der Waals surface area contributed by atoms with Gasteiger partial charge in [0.05, 0.1) is 5.71 Å². The van der Waals surface area contributed by atoms with Crippen LogP contribution in [0.15, 0.2) is 29.4 Å². The second-order valence-corrected chi connectivity index (χ2v) is 2.76. The van der Waals surface area contributed by atoms with Crippen molar-refractivity contribution < 1.29 is 4.84 Å². The van der Waals surface area contributed by atoms with E-state index in [1.54, 1.807) is 7.11 Å². The van der Waals surface area contributed by atoms with E-state index in [1.165, 1.54) is 0 Å². The van der Waals surface area contributed by atoms with Gasteiger partial charge in [-0.25, -0.2) is 0 Å². The lowest BCUT2D eigenvalue weighted by atomic mass is 10.1. The van der Waals surface area contributed by atoms with Crippen LogP contribution < -0.4 is 0 Å². The lowest BCUT2D eigenvalue weighted by Gasteiger charge is -2.02. The van der Waals surface area contributed by atoms with E-state index in [0.29, 0.717) is 0 Å². The number of hydrogen-bond donors (Lipinski definition) is 0. The molecule has 0 fully saturated rings. The van der Waals surface area contributed by atoms with Gasteiger partial charge >= 0.3 is 0 Å². The summed E-state index contributed by atoms with van der Waals surface area (Å²) in [4.78, 5) is 4.79. The molecule has 69 valence electrons. The lowest BCUT2D eigenvalue weighted by molar-refractivity contribution is 0.213. The van der Waals surface area contributed by atoms with E-state index in [4.69, 9.17) is 4.84 Å². The van der Waals surface area contributed by atoms with Gasteiger partial charge < -0.3 is 4.84 Å². The molecule has 1 aromatic carbocycles. The normalized spacial score (nSPS) is 11.4. The van der Waals surface area contributed by atoms with Crippen molar-refractivity contribution in [2.24, 2.45) is 5.16 Å². The van der Waals surface area contributed by atoms with E-state index < -0.39 is 0 Å². The standard InChI is InChI=1S/C11H14NO/c1-3-7-11(12-13-2)10-8-5-4-6-9-10/h5-6,8-9H,3,7H2,1-2H3/b12-11-. The molecule has 0 aliphatic heterocycles. The minimum absolute atomic E-state index is 0.942. The highest BCUT2D eigenvalue weighted by Gasteiger charge is 2.01. The highest BCUT2D eigenvalue weighted by molar-refractivity contribution is 6.00. The quantitative estimate of drug-likeness (QED) is 0.510. The fourth-order valence-electron chi connectivity index (χ4n) is 1.17. The van der Waals surface area contributed by atoms with Crippen LogP contribution in [0.1, 0.15) is 25.3 Å². The predicted octanol–water partition coefficient (Wildman–Crippen LogP) is 2.64. The third kappa shape index (κ3) is 2.90. The molecule has 0 aliphatic carbocycles. The first kappa shape index (κ1) is 9.78. The molecule has 0 saturated carbocycles. The molecule has 0 aliphatic rings. The topological polar surface area (TPSA) is 21.6 Å². The molecular weight excluding hydrogens is 162 g/mol. The van der Waals surface area contributed by atoms with Gasteiger partial charge in [0.25, 0.3) is 0 Å². The van der Waals surface area contributed by atoms with E-state index in [-0.39, 0.29) is 0 Å². The molecular formula is C11H14NO. The maximum absolute atomic E-state index is 4.79. The minimum atomic E-state index is 0.942. The molecule has 1 radical (unpaired) electrons. The summed E-state index contributed by atoms with van der Waals surface area (Å²) < 4.78 is 0. The van der Waals surface area contributed by atoms with E-state index in [2.05, 4.69) is 18.1 Å². The molecule has 0 N–H and O–H groups in total. The Balaban J connectivity index is 2.83. The van der Waals surface area contributed by atoms with Gasteiger partial charge in [0.2, 0.25) is 0 Å². The predicted molar refractivity (Wildman–Crippen MR) is 53.7 cm³/mol. The monoisotopic (exact) mass is 176 g/mol. The van der Waals surface area contributed by atoms with E-state index >= 15 is 0 Å². The molecule has 1 rings (SSSR count). The summed E-state index contributed by atoms with van der Waals surface area (Å²) in [5.41, 5.74) is 2.11. The van der Waals surface area contributed by atoms with Crippen LogP contribution in [-0.2, 0) is 4.84 Å². The Morgan fingerprint density at radius 1 is 1.46 bits per heavy atom. The van der Waals surface area contributed by atoms with Crippen molar-refractivity contribution in [1.29, 1.82) is 0 Å².